The number of nitrogens with zero attached hydrogens (tertiary/aromatic N) is 1. The van der Waals surface area contributed by atoms with Crippen LogP contribution in [0.15, 0.2) is 48.5 Å². The maximum absolute atomic E-state index is 6.13. The Morgan fingerprint density at radius 3 is 2.71 bits per heavy atom. The summed E-state index contributed by atoms with van der Waals surface area (Å²) in [5, 5.41) is 0.982. The van der Waals surface area contributed by atoms with E-state index in [0.717, 1.165) is 28.3 Å². The molecule has 0 amide bonds. The predicted molar refractivity (Wildman–Crippen MR) is 87.6 cm³/mol. The molecule has 0 saturated carbocycles. The Morgan fingerprint density at radius 2 is 1.90 bits per heavy atom. The smallest absolute Gasteiger partial charge is 0.140 e. The van der Waals surface area contributed by atoms with E-state index in [-0.39, 0.29) is 6.04 Å². The van der Waals surface area contributed by atoms with Crippen molar-refractivity contribution in [2.24, 2.45) is 5.73 Å². The summed E-state index contributed by atoms with van der Waals surface area (Å²) >= 11 is 1.67. The summed E-state index contributed by atoms with van der Waals surface area (Å²) in [4.78, 5) is 4.58. The Labute approximate surface area is 128 Å². The lowest BCUT2D eigenvalue weighted by Gasteiger charge is -2.14. The molecule has 1 aromatic heterocycles. The van der Waals surface area contributed by atoms with Crippen molar-refractivity contribution in [1.82, 2.24) is 4.98 Å². The van der Waals surface area contributed by atoms with Gasteiger partial charge in [-0.3, -0.25) is 0 Å². The van der Waals surface area contributed by atoms with Crippen molar-refractivity contribution in [3.63, 3.8) is 0 Å². The second-order valence-corrected chi connectivity index (χ2v) is 6.03. The lowest BCUT2D eigenvalue weighted by atomic mass is 10.0. The molecule has 21 heavy (non-hydrogen) atoms. The van der Waals surface area contributed by atoms with E-state index < -0.39 is 0 Å². The number of benzene rings is 2. The molecule has 108 valence electrons. The van der Waals surface area contributed by atoms with Gasteiger partial charge in [0.05, 0.1) is 10.2 Å². The quantitative estimate of drug-likeness (QED) is 0.764. The summed E-state index contributed by atoms with van der Waals surface area (Å²) in [7, 11) is 0. The van der Waals surface area contributed by atoms with Crippen LogP contribution in [0.5, 0.6) is 5.75 Å². The highest BCUT2D eigenvalue weighted by Gasteiger charge is 2.11. The van der Waals surface area contributed by atoms with Crippen LogP contribution in [0.25, 0.3) is 10.2 Å². The summed E-state index contributed by atoms with van der Waals surface area (Å²) in [6.07, 6.45) is 0.890. The fraction of sp³-hybridized carbons (Fsp3) is 0.235. The summed E-state index contributed by atoms with van der Waals surface area (Å²) in [5.74, 6) is 0.853. The number of fused-ring (bicyclic) bond motifs is 1. The average molecular weight is 298 g/mol. The Bertz CT molecular complexity index is 705. The maximum atomic E-state index is 6.13. The number of hydrogen-bond acceptors (Lipinski definition) is 4. The van der Waals surface area contributed by atoms with Crippen molar-refractivity contribution >= 4 is 21.6 Å². The number of para-hydroxylation sites is 2. The first-order valence-electron chi connectivity index (χ1n) is 7.09. The SMILES string of the molecule is CCC(N)c1ccccc1OCc1nc2ccccc2s1. The van der Waals surface area contributed by atoms with E-state index in [1.807, 2.05) is 42.5 Å². The minimum atomic E-state index is 0.0107. The summed E-state index contributed by atoms with van der Waals surface area (Å²) < 4.78 is 7.13. The van der Waals surface area contributed by atoms with E-state index in [0.29, 0.717) is 6.61 Å². The Morgan fingerprint density at radius 1 is 1.14 bits per heavy atom. The lowest BCUT2D eigenvalue weighted by molar-refractivity contribution is 0.300. The van der Waals surface area contributed by atoms with Crippen molar-refractivity contribution in [2.45, 2.75) is 26.0 Å². The second-order valence-electron chi connectivity index (χ2n) is 4.92. The molecule has 0 bridgehead atoms. The van der Waals surface area contributed by atoms with Gasteiger partial charge in [0.15, 0.2) is 0 Å². The molecular formula is C17H18N2OS. The molecule has 1 heterocycles. The standard InChI is InChI=1S/C17H18N2OS/c1-2-13(18)12-7-3-5-9-15(12)20-11-17-19-14-8-4-6-10-16(14)21-17/h3-10,13H,2,11,18H2,1H3. The second kappa shape index (κ2) is 6.24. The van der Waals surface area contributed by atoms with Crippen molar-refractivity contribution < 1.29 is 4.74 Å². The average Bonchev–Trinajstić information content (AvgIpc) is 2.95. The Balaban J connectivity index is 1.78. The van der Waals surface area contributed by atoms with Crippen LogP contribution >= 0.6 is 11.3 Å². The molecule has 0 spiro atoms. The molecule has 4 heteroatoms. The number of thiazole rings is 1. The number of aromatic nitrogens is 1. The molecule has 0 fully saturated rings. The number of ether oxygens (including phenoxy) is 1. The molecule has 3 aromatic rings. The van der Waals surface area contributed by atoms with Gasteiger partial charge >= 0.3 is 0 Å². The van der Waals surface area contributed by atoms with Gasteiger partial charge < -0.3 is 10.5 Å². The predicted octanol–water partition coefficient (Wildman–Crippen LogP) is 4.29. The third-order valence-electron chi connectivity index (χ3n) is 3.45. The van der Waals surface area contributed by atoms with Gasteiger partial charge in [-0.05, 0) is 24.6 Å². The zero-order valence-corrected chi connectivity index (χ0v) is 12.8. The molecule has 3 nitrogen and oxygen atoms in total. The minimum absolute atomic E-state index is 0.0107. The largest absolute Gasteiger partial charge is 0.486 e. The molecule has 2 aromatic carbocycles. The Hall–Kier alpha value is -1.91. The number of hydrogen-bond donors (Lipinski definition) is 1. The maximum Gasteiger partial charge on any atom is 0.140 e. The fourth-order valence-electron chi connectivity index (χ4n) is 2.26. The number of nitrogens with two attached hydrogens (primary N) is 1. The summed E-state index contributed by atoms with van der Waals surface area (Å²) in [5.41, 5.74) is 8.22. The first kappa shape index (κ1) is 14.0. The minimum Gasteiger partial charge on any atom is -0.486 e. The lowest BCUT2D eigenvalue weighted by Crippen LogP contribution is -2.10. The molecule has 0 saturated heterocycles. The van der Waals surface area contributed by atoms with Crippen molar-refractivity contribution in [2.75, 3.05) is 0 Å². The van der Waals surface area contributed by atoms with Crippen LogP contribution in [0.3, 0.4) is 0 Å². The third kappa shape index (κ3) is 3.06. The Kier molecular flexibility index (Phi) is 4.18. The molecule has 2 N–H and O–H groups in total. The van der Waals surface area contributed by atoms with Gasteiger partial charge in [0.25, 0.3) is 0 Å². The molecule has 1 atom stereocenters. The first-order valence-corrected chi connectivity index (χ1v) is 7.91. The summed E-state index contributed by atoms with van der Waals surface area (Å²) in [6, 6.07) is 16.1. The van der Waals surface area contributed by atoms with Gasteiger partial charge in [-0.2, -0.15) is 0 Å². The first-order chi connectivity index (χ1) is 10.3. The summed E-state index contributed by atoms with van der Waals surface area (Å²) in [6.45, 7) is 2.56. The molecule has 0 radical (unpaired) electrons. The fourth-order valence-corrected chi connectivity index (χ4v) is 3.14. The third-order valence-corrected chi connectivity index (χ3v) is 4.46. The van der Waals surface area contributed by atoms with Crippen LogP contribution in [0.2, 0.25) is 0 Å². The van der Waals surface area contributed by atoms with Gasteiger partial charge in [0.1, 0.15) is 17.4 Å². The van der Waals surface area contributed by atoms with E-state index in [4.69, 9.17) is 10.5 Å². The van der Waals surface area contributed by atoms with E-state index in [9.17, 15) is 0 Å². The molecule has 3 rings (SSSR count). The van der Waals surface area contributed by atoms with Gasteiger partial charge in [0.2, 0.25) is 0 Å². The molecule has 0 aliphatic carbocycles. The molecule has 1 unspecified atom stereocenters. The van der Waals surface area contributed by atoms with E-state index in [1.165, 1.54) is 4.70 Å². The highest BCUT2D eigenvalue weighted by molar-refractivity contribution is 7.18. The van der Waals surface area contributed by atoms with Crippen LogP contribution < -0.4 is 10.5 Å². The van der Waals surface area contributed by atoms with Crippen LogP contribution in [0.4, 0.5) is 0 Å². The van der Waals surface area contributed by atoms with Gasteiger partial charge in [-0.15, -0.1) is 11.3 Å². The van der Waals surface area contributed by atoms with E-state index >= 15 is 0 Å². The van der Waals surface area contributed by atoms with Gasteiger partial charge in [-0.1, -0.05) is 37.3 Å². The highest BCUT2D eigenvalue weighted by Crippen LogP contribution is 2.27. The van der Waals surface area contributed by atoms with Crippen molar-refractivity contribution in [3.8, 4) is 5.75 Å². The van der Waals surface area contributed by atoms with E-state index in [1.54, 1.807) is 11.3 Å². The monoisotopic (exact) mass is 298 g/mol. The van der Waals surface area contributed by atoms with Crippen LogP contribution in [0, 0.1) is 0 Å². The highest BCUT2D eigenvalue weighted by atomic mass is 32.1. The zero-order valence-electron chi connectivity index (χ0n) is 12.0. The normalized spacial score (nSPS) is 12.5. The molecule has 0 aliphatic rings. The zero-order chi connectivity index (χ0) is 14.7. The molecular weight excluding hydrogens is 280 g/mol. The van der Waals surface area contributed by atoms with Crippen LogP contribution in [-0.2, 0) is 6.61 Å². The van der Waals surface area contributed by atoms with Gasteiger partial charge in [0, 0.05) is 11.6 Å². The van der Waals surface area contributed by atoms with Crippen molar-refractivity contribution in [1.29, 1.82) is 0 Å². The topological polar surface area (TPSA) is 48.1 Å². The van der Waals surface area contributed by atoms with Gasteiger partial charge in [-0.25, -0.2) is 4.98 Å². The van der Waals surface area contributed by atoms with Crippen LogP contribution in [-0.4, -0.2) is 4.98 Å². The molecule has 0 aliphatic heterocycles. The number of rotatable bonds is 5. The van der Waals surface area contributed by atoms with E-state index in [2.05, 4.69) is 18.0 Å². The van der Waals surface area contributed by atoms with Crippen LogP contribution in [0.1, 0.15) is 30.0 Å². The van der Waals surface area contributed by atoms with Crippen molar-refractivity contribution in [3.05, 3.63) is 59.1 Å².